The number of piperazine rings is 1. The van der Waals surface area contributed by atoms with Gasteiger partial charge in [-0.1, -0.05) is 6.07 Å². The summed E-state index contributed by atoms with van der Waals surface area (Å²) in [4.78, 5) is 1.05. The molecule has 2 nitrogen and oxygen atoms in total. The first-order valence-electron chi connectivity index (χ1n) is 5.86. The van der Waals surface area contributed by atoms with E-state index in [2.05, 4.69) is 5.32 Å². The molecule has 0 spiro atoms. The van der Waals surface area contributed by atoms with Gasteiger partial charge in [0.1, 0.15) is 17.7 Å². The summed E-state index contributed by atoms with van der Waals surface area (Å²) in [5, 5.41) is 2.91. The zero-order valence-corrected chi connectivity index (χ0v) is 12.4. The van der Waals surface area contributed by atoms with Crippen molar-refractivity contribution in [3.63, 3.8) is 0 Å². The van der Waals surface area contributed by atoms with Crippen LogP contribution in [0.3, 0.4) is 0 Å². The molecule has 0 aliphatic carbocycles. The molecule has 9 heteroatoms. The van der Waals surface area contributed by atoms with Gasteiger partial charge in [0.15, 0.2) is 0 Å². The van der Waals surface area contributed by atoms with E-state index >= 15 is 0 Å². The second-order valence-corrected chi connectivity index (χ2v) is 4.37. The van der Waals surface area contributed by atoms with Gasteiger partial charge in [-0.15, -0.1) is 24.8 Å². The zero-order valence-electron chi connectivity index (χ0n) is 10.8. The molecule has 1 aromatic carbocycles. The number of alkyl halides is 3. The Bertz CT molecular complexity index is 430. The summed E-state index contributed by atoms with van der Waals surface area (Å²) < 4.78 is 66.7. The van der Waals surface area contributed by atoms with E-state index in [1.54, 1.807) is 0 Å². The quantitative estimate of drug-likeness (QED) is 0.821. The van der Waals surface area contributed by atoms with E-state index in [1.165, 1.54) is 0 Å². The summed E-state index contributed by atoms with van der Waals surface area (Å²) in [6.45, 7) is 0.918. The van der Waals surface area contributed by atoms with Crippen molar-refractivity contribution in [3.8, 4) is 0 Å². The molecule has 0 saturated carbocycles. The third-order valence-electron chi connectivity index (χ3n) is 3.10. The number of hydrogen-bond donors (Lipinski definition) is 1. The average Bonchev–Trinajstić information content (AvgIpc) is 2.33. The highest BCUT2D eigenvalue weighted by Gasteiger charge is 2.47. The van der Waals surface area contributed by atoms with Crippen molar-refractivity contribution in [1.29, 1.82) is 0 Å². The molecule has 1 heterocycles. The van der Waals surface area contributed by atoms with Crippen LogP contribution in [0.1, 0.15) is 11.6 Å². The van der Waals surface area contributed by atoms with Crippen LogP contribution in [0.25, 0.3) is 0 Å². The third kappa shape index (κ3) is 4.67. The molecule has 21 heavy (non-hydrogen) atoms. The lowest BCUT2D eigenvalue weighted by molar-refractivity contribution is -0.189. The second kappa shape index (κ2) is 8.12. The highest BCUT2D eigenvalue weighted by atomic mass is 35.5. The van der Waals surface area contributed by atoms with E-state index in [4.69, 9.17) is 0 Å². The Hall–Kier alpha value is -0.630. The van der Waals surface area contributed by atoms with Gasteiger partial charge < -0.3 is 5.32 Å². The molecule has 1 fully saturated rings. The minimum absolute atomic E-state index is 0. The molecule has 1 saturated heterocycles. The first-order chi connectivity index (χ1) is 8.91. The summed E-state index contributed by atoms with van der Waals surface area (Å²) in [5.41, 5.74) is -0.920. The fourth-order valence-corrected chi connectivity index (χ4v) is 2.27. The average molecular weight is 353 g/mol. The molecule has 0 unspecified atom stereocenters. The molecule has 122 valence electrons. The molecule has 0 aromatic heterocycles. The Kier molecular flexibility index (Phi) is 7.88. The standard InChI is InChI=1S/C12H13F5N2.2ClH/c13-8-2-1-3-9(14)10(8)11(12(15,16)17)19-6-4-18-5-7-19;;/h1-3,11,18H,4-7H2;2*1H/t11-;;/m1../s1. The lowest BCUT2D eigenvalue weighted by Crippen LogP contribution is -2.49. The van der Waals surface area contributed by atoms with E-state index in [1.807, 2.05) is 0 Å². The van der Waals surface area contributed by atoms with Crippen molar-refractivity contribution >= 4 is 24.8 Å². The van der Waals surface area contributed by atoms with Crippen LogP contribution in [0.2, 0.25) is 0 Å². The second-order valence-electron chi connectivity index (χ2n) is 4.37. The molecule has 0 amide bonds. The Morgan fingerprint density at radius 1 is 1.00 bits per heavy atom. The van der Waals surface area contributed by atoms with Gasteiger partial charge in [-0.25, -0.2) is 8.78 Å². The van der Waals surface area contributed by atoms with Crippen molar-refractivity contribution in [3.05, 3.63) is 35.4 Å². The number of nitrogens with one attached hydrogen (secondary N) is 1. The van der Waals surface area contributed by atoms with Gasteiger partial charge >= 0.3 is 6.18 Å². The Labute approximate surface area is 131 Å². The molecular weight excluding hydrogens is 338 g/mol. The molecule has 0 radical (unpaired) electrons. The summed E-state index contributed by atoms with van der Waals surface area (Å²) in [7, 11) is 0. The largest absolute Gasteiger partial charge is 0.408 e. The van der Waals surface area contributed by atoms with Crippen molar-refractivity contribution in [2.24, 2.45) is 0 Å². The molecule has 1 aliphatic heterocycles. The molecular formula is C12H15Cl2F5N2. The van der Waals surface area contributed by atoms with Gasteiger partial charge in [-0.3, -0.25) is 4.90 Å². The Morgan fingerprint density at radius 2 is 1.48 bits per heavy atom. The first-order valence-corrected chi connectivity index (χ1v) is 5.86. The zero-order chi connectivity index (χ0) is 14.0. The number of benzene rings is 1. The fraction of sp³-hybridized carbons (Fsp3) is 0.500. The fourth-order valence-electron chi connectivity index (χ4n) is 2.27. The van der Waals surface area contributed by atoms with Gasteiger partial charge in [0.25, 0.3) is 0 Å². The van der Waals surface area contributed by atoms with Crippen LogP contribution in [-0.2, 0) is 0 Å². The topological polar surface area (TPSA) is 15.3 Å². The van der Waals surface area contributed by atoms with Crippen LogP contribution in [0.5, 0.6) is 0 Å². The summed E-state index contributed by atoms with van der Waals surface area (Å²) >= 11 is 0. The van der Waals surface area contributed by atoms with Gasteiger partial charge in [-0.2, -0.15) is 13.2 Å². The predicted octanol–water partition coefficient (Wildman–Crippen LogP) is 3.32. The van der Waals surface area contributed by atoms with E-state index in [9.17, 15) is 22.0 Å². The minimum Gasteiger partial charge on any atom is -0.314 e. The lowest BCUT2D eigenvalue weighted by Gasteiger charge is -2.36. The maximum Gasteiger partial charge on any atom is 0.408 e. The molecule has 1 aromatic rings. The van der Waals surface area contributed by atoms with Crippen LogP contribution >= 0.6 is 24.8 Å². The van der Waals surface area contributed by atoms with E-state index in [0.717, 1.165) is 23.1 Å². The van der Waals surface area contributed by atoms with Crippen molar-refractivity contribution in [2.45, 2.75) is 12.2 Å². The number of hydrogen-bond acceptors (Lipinski definition) is 2. The predicted molar refractivity (Wildman–Crippen MR) is 74.1 cm³/mol. The monoisotopic (exact) mass is 352 g/mol. The van der Waals surface area contributed by atoms with Gasteiger partial charge in [0, 0.05) is 31.7 Å². The van der Waals surface area contributed by atoms with Crippen molar-refractivity contribution in [2.75, 3.05) is 26.2 Å². The minimum atomic E-state index is -4.72. The Balaban J connectivity index is 0.00000200. The van der Waals surface area contributed by atoms with E-state index in [0.29, 0.717) is 13.1 Å². The molecule has 0 bridgehead atoms. The maximum absolute atomic E-state index is 13.6. The normalized spacial score (nSPS) is 17.6. The summed E-state index contributed by atoms with van der Waals surface area (Å²) in [5.74, 6) is -2.33. The van der Waals surface area contributed by atoms with Crippen LogP contribution < -0.4 is 5.32 Å². The van der Waals surface area contributed by atoms with Crippen LogP contribution in [0, 0.1) is 11.6 Å². The Morgan fingerprint density at radius 3 is 1.90 bits per heavy atom. The van der Waals surface area contributed by atoms with Gasteiger partial charge in [-0.05, 0) is 12.1 Å². The van der Waals surface area contributed by atoms with E-state index in [-0.39, 0.29) is 37.9 Å². The molecule has 1 N–H and O–H groups in total. The maximum atomic E-state index is 13.6. The van der Waals surface area contributed by atoms with Crippen LogP contribution in [0.15, 0.2) is 18.2 Å². The van der Waals surface area contributed by atoms with Crippen LogP contribution in [-0.4, -0.2) is 37.3 Å². The van der Waals surface area contributed by atoms with Crippen LogP contribution in [0.4, 0.5) is 22.0 Å². The molecule has 1 atom stereocenters. The third-order valence-corrected chi connectivity index (χ3v) is 3.10. The summed E-state index contributed by atoms with van der Waals surface area (Å²) in [6, 6.07) is 0.508. The highest BCUT2D eigenvalue weighted by Crippen LogP contribution is 2.39. The molecule has 1 aliphatic rings. The number of halogens is 7. The van der Waals surface area contributed by atoms with E-state index < -0.39 is 29.4 Å². The lowest BCUT2D eigenvalue weighted by atomic mass is 10.0. The SMILES string of the molecule is Cl.Cl.Fc1cccc(F)c1[C@@H](N1CCNCC1)C(F)(F)F. The highest BCUT2D eigenvalue weighted by molar-refractivity contribution is 5.85. The number of rotatable bonds is 2. The van der Waals surface area contributed by atoms with Crippen molar-refractivity contribution < 1.29 is 22.0 Å². The van der Waals surface area contributed by atoms with Gasteiger partial charge in [0.2, 0.25) is 0 Å². The molecule has 2 rings (SSSR count). The number of nitrogens with zero attached hydrogens (tertiary/aromatic N) is 1. The van der Waals surface area contributed by atoms with Gasteiger partial charge in [0.05, 0.1) is 0 Å². The van der Waals surface area contributed by atoms with Crippen molar-refractivity contribution in [1.82, 2.24) is 10.2 Å². The summed E-state index contributed by atoms with van der Waals surface area (Å²) in [6.07, 6.45) is -4.72. The first kappa shape index (κ1) is 20.4. The smallest absolute Gasteiger partial charge is 0.314 e.